The van der Waals surface area contributed by atoms with Gasteiger partial charge in [0.1, 0.15) is 0 Å². The van der Waals surface area contributed by atoms with E-state index in [0.29, 0.717) is 10.9 Å². The minimum absolute atomic E-state index is 0.325. The average Bonchev–Trinajstić information content (AvgIpc) is 2.57. The second-order valence-electron chi connectivity index (χ2n) is 6.46. The summed E-state index contributed by atoms with van der Waals surface area (Å²) in [5, 5.41) is 0. The fourth-order valence-corrected chi connectivity index (χ4v) is 3.56. The standard InChI is InChI=1S/C18H23N3O2S/c1-24(22,23)17-5-3-15(4-6-17)18-7-2-14(12-20-18)13-21-10-8-16(19)9-11-21/h2-7,12,16H,8-11,13,19H2,1H3. The Morgan fingerprint density at radius 2 is 1.79 bits per heavy atom. The summed E-state index contributed by atoms with van der Waals surface area (Å²) in [6.07, 6.45) is 5.22. The van der Waals surface area contributed by atoms with Gasteiger partial charge in [-0.1, -0.05) is 18.2 Å². The summed E-state index contributed by atoms with van der Waals surface area (Å²) in [7, 11) is -3.16. The minimum Gasteiger partial charge on any atom is -0.328 e. The van der Waals surface area contributed by atoms with E-state index in [1.54, 1.807) is 24.3 Å². The Labute approximate surface area is 143 Å². The number of sulfone groups is 1. The highest BCUT2D eigenvalue weighted by Crippen LogP contribution is 2.20. The van der Waals surface area contributed by atoms with Gasteiger partial charge in [-0.2, -0.15) is 0 Å². The number of likely N-dealkylation sites (tertiary alicyclic amines) is 1. The van der Waals surface area contributed by atoms with E-state index in [0.717, 1.165) is 43.7 Å². The minimum atomic E-state index is -3.16. The first-order chi connectivity index (χ1) is 11.4. The van der Waals surface area contributed by atoms with Crippen molar-refractivity contribution >= 4 is 9.84 Å². The highest BCUT2D eigenvalue weighted by molar-refractivity contribution is 7.90. The highest BCUT2D eigenvalue weighted by atomic mass is 32.2. The molecule has 2 N–H and O–H groups in total. The maximum atomic E-state index is 11.5. The summed E-state index contributed by atoms with van der Waals surface area (Å²) >= 11 is 0. The molecule has 2 heterocycles. The van der Waals surface area contributed by atoms with Crippen LogP contribution in [0.1, 0.15) is 18.4 Å². The van der Waals surface area contributed by atoms with E-state index in [1.807, 2.05) is 12.3 Å². The van der Waals surface area contributed by atoms with E-state index in [4.69, 9.17) is 5.73 Å². The molecule has 0 saturated carbocycles. The summed E-state index contributed by atoms with van der Waals surface area (Å²) in [6.45, 7) is 2.97. The number of aromatic nitrogens is 1. The molecular weight excluding hydrogens is 322 g/mol. The fraction of sp³-hybridized carbons (Fsp3) is 0.389. The van der Waals surface area contributed by atoms with Gasteiger partial charge in [0.05, 0.1) is 10.6 Å². The van der Waals surface area contributed by atoms with Crippen molar-refractivity contribution in [2.45, 2.75) is 30.3 Å². The predicted octanol–water partition coefficient (Wildman–Crippen LogP) is 2.08. The van der Waals surface area contributed by atoms with Gasteiger partial charge in [0.2, 0.25) is 0 Å². The third-order valence-electron chi connectivity index (χ3n) is 4.44. The third kappa shape index (κ3) is 4.20. The summed E-state index contributed by atoms with van der Waals surface area (Å²) in [6, 6.07) is 11.3. The Balaban J connectivity index is 1.68. The van der Waals surface area contributed by atoms with Gasteiger partial charge in [-0.25, -0.2) is 8.42 Å². The van der Waals surface area contributed by atoms with Crippen LogP contribution in [0.4, 0.5) is 0 Å². The fourth-order valence-electron chi connectivity index (χ4n) is 2.93. The van der Waals surface area contributed by atoms with Crippen LogP contribution in [-0.4, -0.2) is 43.7 Å². The summed E-state index contributed by atoms with van der Waals surface area (Å²) in [5.74, 6) is 0. The van der Waals surface area contributed by atoms with Crippen LogP contribution in [0.2, 0.25) is 0 Å². The van der Waals surface area contributed by atoms with E-state index >= 15 is 0 Å². The zero-order valence-corrected chi connectivity index (χ0v) is 14.7. The monoisotopic (exact) mass is 345 g/mol. The Kier molecular flexibility index (Phi) is 4.99. The van der Waals surface area contributed by atoms with E-state index in [1.165, 1.54) is 11.8 Å². The number of benzene rings is 1. The van der Waals surface area contributed by atoms with Gasteiger partial charge in [0.15, 0.2) is 9.84 Å². The van der Waals surface area contributed by atoms with Gasteiger partial charge in [0.25, 0.3) is 0 Å². The van der Waals surface area contributed by atoms with Crippen molar-refractivity contribution in [3.63, 3.8) is 0 Å². The van der Waals surface area contributed by atoms with Crippen molar-refractivity contribution in [2.75, 3.05) is 19.3 Å². The molecule has 5 nitrogen and oxygen atoms in total. The third-order valence-corrected chi connectivity index (χ3v) is 5.57. The molecular formula is C18H23N3O2S. The van der Waals surface area contributed by atoms with Crippen molar-refractivity contribution in [3.05, 3.63) is 48.2 Å². The lowest BCUT2D eigenvalue weighted by atomic mass is 10.1. The normalized spacial score (nSPS) is 17.1. The number of rotatable bonds is 4. The van der Waals surface area contributed by atoms with Crippen LogP contribution >= 0.6 is 0 Å². The first-order valence-corrected chi connectivity index (χ1v) is 10.0. The molecule has 0 unspecified atom stereocenters. The second-order valence-corrected chi connectivity index (χ2v) is 8.48. The number of piperidine rings is 1. The molecule has 0 spiro atoms. The molecule has 1 aliphatic rings. The number of hydrogen-bond acceptors (Lipinski definition) is 5. The Bertz CT molecular complexity index is 778. The second kappa shape index (κ2) is 7.01. The van der Waals surface area contributed by atoms with Crippen LogP contribution in [-0.2, 0) is 16.4 Å². The van der Waals surface area contributed by atoms with Crippen LogP contribution in [0.25, 0.3) is 11.3 Å². The Morgan fingerprint density at radius 3 is 2.33 bits per heavy atom. The SMILES string of the molecule is CS(=O)(=O)c1ccc(-c2ccc(CN3CCC(N)CC3)cn2)cc1. The lowest BCUT2D eigenvalue weighted by Crippen LogP contribution is -2.39. The molecule has 2 aromatic rings. The molecule has 0 bridgehead atoms. The van der Waals surface area contributed by atoms with Crippen LogP contribution in [0.15, 0.2) is 47.5 Å². The molecule has 1 aromatic carbocycles. The van der Waals surface area contributed by atoms with Crippen molar-refractivity contribution < 1.29 is 8.42 Å². The van der Waals surface area contributed by atoms with Gasteiger partial charge in [-0.05, 0) is 49.7 Å². The summed E-state index contributed by atoms with van der Waals surface area (Å²) < 4.78 is 23.0. The molecule has 0 radical (unpaired) electrons. The van der Waals surface area contributed by atoms with E-state index in [2.05, 4.69) is 16.0 Å². The van der Waals surface area contributed by atoms with Gasteiger partial charge in [-0.3, -0.25) is 9.88 Å². The first-order valence-electron chi connectivity index (χ1n) is 8.15. The average molecular weight is 345 g/mol. The van der Waals surface area contributed by atoms with E-state index in [-0.39, 0.29) is 0 Å². The maximum Gasteiger partial charge on any atom is 0.175 e. The number of nitrogens with zero attached hydrogens (tertiary/aromatic N) is 2. The summed E-state index contributed by atoms with van der Waals surface area (Å²) in [4.78, 5) is 7.25. The Morgan fingerprint density at radius 1 is 1.12 bits per heavy atom. The molecule has 6 heteroatoms. The Hall–Kier alpha value is -1.76. The smallest absolute Gasteiger partial charge is 0.175 e. The van der Waals surface area contributed by atoms with Crippen molar-refractivity contribution in [2.24, 2.45) is 5.73 Å². The van der Waals surface area contributed by atoms with Crippen LogP contribution in [0.3, 0.4) is 0 Å². The van der Waals surface area contributed by atoms with Crippen LogP contribution in [0, 0.1) is 0 Å². The number of hydrogen-bond donors (Lipinski definition) is 1. The van der Waals surface area contributed by atoms with Gasteiger partial charge in [-0.15, -0.1) is 0 Å². The highest BCUT2D eigenvalue weighted by Gasteiger charge is 2.16. The zero-order valence-electron chi connectivity index (χ0n) is 13.9. The molecule has 0 aliphatic carbocycles. The first kappa shape index (κ1) is 17.1. The molecule has 24 heavy (non-hydrogen) atoms. The maximum absolute atomic E-state index is 11.5. The van der Waals surface area contributed by atoms with E-state index < -0.39 is 9.84 Å². The quantitative estimate of drug-likeness (QED) is 0.918. The van der Waals surface area contributed by atoms with Gasteiger partial charge in [0, 0.05) is 30.6 Å². The predicted molar refractivity (Wildman–Crippen MR) is 95.3 cm³/mol. The molecule has 0 atom stereocenters. The van der Waals surface area contributed by atoms with E-state index in [9.17, 15) is 8.42 Å². The lowest BCUT2D eigenvalue weighted by Gasteiger charge is -2.29. The van der Waals surface area contributed by atoms with Crippen molar-refractivity contribution in [1.29, 1.82) is 0 Å². The molecule has 3 rings (SSSR count). The molecule has 0 amide bonds. The van der Waals surface area contributed by atoms with Gasteiger partial charge >= 0.3 is 0 Å². The van der Waals surface area contributed by atoms with Gasteiger partial charge < -0.3 is 5.73 Å². The van der Waals surface area contributed by atoms with Crippen LogP contribution < -0.4 is 5.73 Å². The number of pyridine rings is 1. The zero-order chi connectivity index (χ0) is 17.2. The van der Waals surface area contributed by atoms with Crippen LogP contribution in [0.5, 0.6) is 0 Å². The molecule has 1 aliphatic heterocycles. The molecule has 1 fully saturated rings. The topological polar surface area (TPSA) is 76.3 Å². The summed E-state index contributed by atoms with van der Waals surface area (Å²) in [5.41, 5.74) is 8.88. The lowest BCUT2D eigenvalue weighted by molar-refractivity contribution is 0.205. The largest absolute Gasteiger partial charge is 0.328 e. The number of nitrogens with two attached hydrogens (primary N) is 1. The molecule has 128 valence electrons. The molecule has 1 saturated heterocycles. The molecule has 1 aromatic heterocycles. The van der Waals surface area contributed by atoms with Crippen molar-refractivity contribution in [1.82, 2.24) is 9.88 Å². The van der Waals surface area contributed by atoms with Crippen molar-refractivity contribution in [3.8, 4) is 11.3 Å².